The topological polar surface area (TPSA) is 44.1 Å². The maximum absolute atomic E-state index is 11.1. The third kappa shape index (κ3) is 4.77. The minimum atomic E-state index is -0.106. The van der Waals surface area contributed by atoms with Gasteiger partial charge in [0.05, 0.1) is 23.5 Å². The molecule has 0 spiro atoms. The van der Waals surface area contributed by atoms with Gasteiger partial charge in [0.25, 0.3) is 0 Å². The van der Waals surface area contributed by atoms with Crippen LogP contribution < -0.4 is 0 Å². The van der Waals surface area contributed by atoms with E-state index in [1.165, 1.54) is 0 Å². The summed E-state index contributed by atoms with van der Waals surface area (Å²) in [4.78, 5) is 11.1. The molecular weight excluding hydrogens is 240 g/mol. The monoisotopic (exact) mass is 258 g/mol. The van der Waals surface area contributed by atoms with Crippen molar-refractivity contribution in [3.05, 3.63) is 16.9 Å². The van der Waals surface area contributed by atoms with Crippen molar-refractivity contribution in [1.82, 2.24) is 9.78 Å². The zero-order chi connectivity index (χ0) is 12.7. The van der Waals surface area contributed by atoms with Gasteiger partial charge in [0.2, 0.25) is 0 Å². The van der Waals surface area contributed by atoms with Crippen molar-refractivity contribution in [1.29, 1.82) is 0 Å². The van der Waals surface area contributed by atoms with Crippen LogP contribution in [0, 0.1) is 6.92 Å². The van der Waals surface area contributed by atoms with Gasteiger partial charge in [-0.25, -0.2) is 0 Å². The van der Waals surface area contributed by atoms with E-state index in [2.05, 4.69) is 5.10 Å². The maximum Gasteiger partial charge on any atom is 0.305 e. The first-order valence-electron chi connectivity index (χ1n) is 5.98. The Morgan fingerprint density at radius 1 is 1.47 bits per heavy atom. The summed E-state index contributed by atoms with van der Waals surface area (Å²) in [6.45, 7) is 5.08. The molecule has 0 atom stereocenters. The van der Waals surface area contributed by atoms with Crippen molar-refractivity contribution in [3.8, 4) is 0 Å². The Kier molecular flexibility index (Phi) is 6.05. The van der Waals surface area contributed by atoms with Crippen molar-refractivity contribution in [2.45, 2.75) is 46.1 Å². The van der Waals surface area contributed by atoms with Crippen molar-refractivity contribution >= 4 is 17.6 Å². The lowest BCUT2D eigenvalue weighted by Gasteiger charge is -2.04. The molecule has 0 aliphatic rings. The molecular formula is C12H19ClN2O2. The summed E-state index contributed by atoms with van der Waals surface area (Å²) in [5.41, 5.74) is 0.997. The molecule has 1 rings (SSSR count). The van der Waals surface area contributed by atoms with Crippen LogP contribution in [0.2, 0.25) is 5.02 Å². The van der Waals surface area contributed by atoms with Gasteiger partial charge >= 0.3 is 5.97 Å². The number of ether oxygens (including phenoxy) is 1. The van der Waals surface area contributed by atoms with E-state index in [0.717, 1.165) is 31.5 Å². The molecule has 0 unspecified atom stereocenters. The minimum Gasteiger partial charge on any atom is -0.466 e. The quantitative estimate of drug-likeness (QED) is 0.558. The van der Waals surface area contributed by atoms with Crippen LogP contribution in [-0.2, 0) is 16.1 Å². The fourth-order valence-corrected chi connectivity index (χ4v) is 1.73. The molecule has 0 amide bonds. The molecule has 17 heavy (non-hydrogen) atoms. The smallest absolute Gasteiger partial charge is 0.305 e. The highest BCUT2D eigenvalue weighted by Gasteiger charge is 2.04. The van der Waals surface area contributed by atoms with E-state index in [1.54, 1.807) is 6.20 Å². The van der Waals surface area contributed by atoms with Gasteiger partial charge in [-0.15, -0.1) is 0 Å². The van der Waals surface area contributed by atoms with Gasteiger partial charge in [0.1, 0.15) is 0 Å². The number of aryl methyl sites for hydroxylation is 1. The highest BCUT2D eigenvalue weighted by atomic mass is 35.5. The first-order chi connectivity index (χ1) is 8.15. The highest BCUT2D eigenvalue weighted by molar-refractivity contribution is 6.31. The molecule has 1 aromatic heterocycles. The minimum absolute atomic E-state index is 0.106. The average Bonchev–Trinajstić information content (AvgIpc) is 2.60. The summed E-state index contributed by atoms with van der Waals surface area (Å²) >= 11 is 5.90. The third-order valence-electron chi connectivity index (χ3n) is 2.60. The van der Waals surface area contributed by atoms with Crippen molar-refractivity contribution in [2.75, 3.05) is 6.61 Å². The predicted octanol–water partition coefficient (Wildman–Crippen LogP) is 2.97. The summed E-state index contributed by atoms with van der Waals surface area (Å²) < 4.78 is 6.75. The largest absolute Gasteiger partial charge is 0.466 e. The summed E-state index contributed by atoms with van der Waals surface area (Å²) in [6, 6.07) is 0. The Morgan fingerprint density at radius 3 is 2.82 bits per heavy atom. The lowest BCUT2D eigenvalue weighted by Crippen LogP contribution is -2.05. The first kappa shape index (κ1) is 14.0. The Balaban J connectivity index is 2.12. The van der Waals surface area contributed by atoms with Crippen LogP contribution in [0.4, 0.5) is 0 Å². The summed E-state index contributed by atoms with van der Waals surface area (Å²) in [5.74, 6) is -0.106. The zero-order valence-electron chi connectivity index (χ0n) is 10.4. The Bertz CT molecular complexity index is 363. The van der Waals surface area contributed by atoms with Crippen LogP contribution >= 0.6 is 11.6 Å². The number of esters is 1. The molecule has 0 aromatic carbocycles. The van der Waals surface area contributed by atoms with Crippen LogP contribution in [0.15, 0.2) is 6.20 Å². The van der Waals surface area contributed by atoms with Gasteiger partial charge in [0, 0.05) is 13.0 Å². The molecule has 96 valence electrons. The number of hydrogen-bond donors (Lipinski definition) is 0. The number of rotatable bonds is 7. The second kappa shape index (κ2) is 7.33. The van der Waals surface area contributed by atoms with E-state index in [9.17, 15) is 4.79 Å². The van der Waals surface area contributed by atoms with E-state index >= 15 is 0 Å². The van der Waals surface area contributed by atoms with Gasteiger partial charge in [-0.1, -0.05) is 18.0 Å². The van der Waals surface area contributed by atoms with Crippen LogP contribution in [-0.4, -0.2) is 22.4 Å². The summed E-state index contributed by atoms with van der Waals surface area (Å²) in [5, 5.41) is 4.88. The molecule has 5 heteroatoms. The molecule has 0 saturated heterocycles. The molecule has 4 nitrogen and oxygen atoms in total. The summed E-state index contributed by atoms with van der Waals surface area (Å²) in [6.07, 6.45) is 5.03. The fourth-order valence-electron chi connectivity index (χ4n) is 1.59. The second-order valence-electron chi connectivity index (χ2n) is 3.92. The first-order valence-corrected chi connectivity index (χ1v) is 6.36. The normalized spacial score (nSPS) is 10.5. The van der Waals surface area contributed by atoms with E-state index in [1.807, 2.05) is 18.5 Å². The number of unbranched alkanes of at least 4 members (excludes halogenated alkanes) is 2. The zero-order valence-corrected chi connectivity index (χ0v) is 11.2. The van der Waals surface area contributed by atoms with Crippen molar-refractivity contribution < 1.29 is 9.53 Å². The Morgan fingerprint density at radius 2 is 2.24 bits per heavy atom. The lowest BCUT2D eigenvalue weighted by molar-refractivity contribution is -0.143. The Labute approximate surface area is 107 Å². The van der Waals surface area contributed by atoms with Crippen LogP contribution in [0.3, 0.4) is 0 Å². The average molecular weight is 259 g/mol. The van der Waals surface area contributed by atoms with Crippen molar-refractivity contribution in [3.63, 3.8) is 0 Å². The van der Waals surface area contributed by atoms with Gasteiger partial charge in [0.15, 0.2) is 0 Å². The Hall–Kier alpha value is -1.03. The molecule has 0 bridgehead atoms. The number of carbonyl (C=O) groups is 1. The van der Waals surface area contributed by atoms with Gasteiger partial charge in [-0.2, -0.15) is 5.10 Å². The second-order valence-corrected chi connectivity index (χ2v) is 4.32. The van der Waals surface area contributed by atoms with E-state index < -0.39 is 0 Å². The maximum atomic E-state index is 11.1. The molecule has 0 fully saturated rings. The van der Waals surface area contributed by atoms with Gasteiger partial charge < -0.3 is 4.74 Å². The number of hydrogen-bond acceptors (Lipinski definition) is 3. The molecule has 1 aromatic rings. The SMILES string of the molecule is CCOC(=O)CCCCCn1ncc(Cl)c1C. The third-order valence-corrected chi connectivity index (χ3v) is 2.97. The molecule has 1 heterocycles. The van der Waals surface area contributed by atoms with E-state index in [-0.39, 0.29) is 5.97 Å². The molecule has 0 N–H and O–H groups in total. The lowest BCUT2D eigenvalue weighted by atomic mass is 10.2. The standard InChI is InChI=1S/C12H19ClN2O2/c1-3-17-12(16)7-5-4-6-8-15-10(2)11(13)9-14-15/h9H,3-8H2,1-2H3. The van der Waals surface area contributed by atoms with E-state index in [4.69, 9.17) is 16.3 Å². The fraction of sp³-hybridized carbons (Fsp3) is 0.667. The predicted molar refractivity (Wildman–Crippen MR) is 67.1 cm³/mol. The number of carbonyl (C=O) groups excluding carboxylic acids is 1. The highest BCUT2D eigenvalue weighted by Crippen LogP contribution is 2.14. The van der Waals surface area contributed by atoms with Crippen LogP contribution in [0.1, 0.15) is 38.3 Å². The van der Waals surface area contributed by atoms with Crippen LogP contribution in [0.25, 0.3) is 0 Å². The molecule has 0 saturated carbocycles. The molecule has 0 radical (unpaired) electrons. The number of halogens is 1. The van der Waals surface area contributed by atoms with Crippen molar-refractivity contribution in [2.24, 2.45) is 0 Å². The van der Waals surface area contributed by atoms with E-state index in [0.29, 0.717) is 18.1 Å². The summed E-state index contributed by atoms with van der Waals surface area (Å²) in [7, 11) is 0. The molecule has 0 aliphatic carbocycles. The van der Waals surface area contributed by atoms with Gasteiger partial charge in [-0.3, -0.25) is 9.48 Å². The van der Waals surface area contributed by atoms with Crippen LogP contribution in [0.5, 0.6) is 0 Å². The number of nitrogens with zero attached hydrogens (tertiary/aromatic N) is 2. The van der Waals surface area contributed by atoms with Gasteiger partial charge in [-0.05, 0) is 26.7 Å². The number of aromatic nitrogens is 2. The molecule has 0 aliphatic heterocycles.